The van der Waals surface area contributed by atoms with E-state index in [1.165, 1.54) is 18.3 Å². The summed E-state index contributed by atoms with van der Waals surface area (Å²) in [4.78, 5) is 37.3. The smallest absolute Gasteiger partial charge is 0.326 e. The Hall–Kier alpha value is -2.44. The highest BCUT2D eigenvalue weighted by Gasteiger charge is 2.20. The van der Waals surface area contributed by atoms with Crippen LogP contribution in [0.25, 0.3) is 0 Å². The molecule has 4 N–H and O–H groups in total. The van der Waals surface area contributed by atoms with Crippen molar-refractivity contribution < 1.29 is 19.5 Å². The Kier molecular flexibility index (Phi) is 4.99. The van der Waals surface area contributed by atoms with Crippen LogP contribution in [0.3, 0.4) is 0 Å². The Bertz CT molecular complexity index is 484. The Morgan fingerprint density at radius 3 is 2.53 bits per heavy atom. The maximum absolute atomic E-state index is 11.8. The maximum atomic E-state index is 11.8. The molecule has 1 rings (SSSR count). The molecule has 0 saturated carbocycles. The summed E-state index contributed by atoms with van der Waals surface area (Å²) in [5.41, 5.74) is 5.26. The largest absolute Gasteiger partial charge is 0.480 e. The fourth-order valence-electron chi connectivity index (χ4n) is 1.45. The summed E-state index contributed by atoms with van der Waals surface area (Å²) < 4.78 is 0. The molecule has 7 nitrogen and oxygen atoms in total. The van der Waals surface area contributed by atoms with Gasteiger partial charge in [-0.3, -0.25) is 14.6 Å². The molecule has 0 aliphatic rings. The van der Waals surface area contributed by atoms with Gasteiger partial charge in [0.1, 0.15) is 11.7 Å². The topological polar surface area (TPSA) is 122 Å². The van der Waals surface area contributed by atoms with Crippen LogP contribution in [0.4, 0.5) is 0 Å². The minimum Gasteiger partial charge on any atom is -0.480 e. The summed E-state index contributed by atoms with van der Waals surface area (Å²) in [5, 5.41) is 11.3. The van der Waals surface area contributed by atoms with Gasteiger partial charge in [-0.05, 0) is 18.6 Å². The molecular weight excluding hydrogens is 250 g/mol. The van der Waals surface area contributed by atoms with E-state index in [2.05, 4.69) is 10.3 Å². The van der Waals surface area contributed by atoms with Crippen molar-refractivity contribution in [2.24, 2.45) is 5.73 Å². The lowest BCUT2D eigenvalue weighted by atomic mass is 10.1. The van der Waals surface area contributed by atoms with Gasteiger partial charge < -0.3 is 16.2 Å². The van der Waals surface area contributed by atoms with Gasteiger partial charge in [-0.1, -0.05) is 13.3 Å². The average Bonchev–Trinajstić information content (AvgIpc) is 2.38. The number of nitrogens with two attached hydrogens (primary N) is 1. The number of pyridine rings is 1. The Labute approximate surface area is 109 Å². The fraction of sp³-hybridized carbons (Fsp3) is 0.333. The van der Waals surface area contributed by atoms with Crippen molar-refractivity contribution in [3.05, 3.63) is 29.6 Å². The summed E-state index contributed by atoms with van der Waals surface area (Å²) in [6.45, 7) is 1.82. The van der Waals surface area contributed by atoms with E-state index in [1.807, 2.05) is 6.92 Å². The van der Waals surface area contributed by atoms with Crippen LogP contribution in [-0.2, 0) is 4.79 Å². The van der Waals surface area contributed by atoms with E-state index in [0.717, 1.165) is 0 Å². The molecule has 1 unspecified atom stereocenters. The highest BCUT2D eigenvalue weighted by molar-refractivity contribution is 5.96. The molecule has 1 atom stereocenters. The van der Waals surface area contributed by atoms with Gasteiger partial charge in [0.15, 0.2) is 0 Å². The molecule has 0 spiro atoms. The third-order valence-corrected chi connectivity index (χ3v) is 2.46. The molecule has 1 aromatic rings. The molecule has 0 aliphatic carbocycles. The van der Waals surface area contributed by atoms with Gasteiger partial charge in [0.25, 0.3) is 5.91 Å². The van der Waals surface area contributed by atoms with Crippen LogP contribution in [0.5, 0.6) is 0 Å². The number of carboxylic acids is 1. The first-order valence-corrected chi connectivity index (χ1v) is 5.75. The van der Waals surface area contributed by atoms with E-state index in [-0.39, 0.29) is 11.3 Å². The first-order valence-electron chi connectivity index (χ1n) is 5.75. The number of aromatic nitrogens is 1. The number of aliphatic carboxylic acids is 1. The van der Waals surface area contributed by atoms with Gasteiger partial charge >= 0.3 is 5.97 Å². The fourth-order valence-corrected chi connectivity index (χ4v) is 1.45. The van der Waals surface area contributed by atoms with Crippen molar-refractivity contribution in [2.75, 3.05) is 0 Å². The first-order chi connectivity index (χ1) is 8.95. The van der Waals surface area contributed by atoms with Crippen LogP contribution in [0.2, 0.25) is 0 Å². The number of amides is 2. The Morgan fingerprint density at radius 2 is 2.11 bits per heavy atom. The van der Waals surface area contributed by atoms with Crippen molar-refractivity contribution in [1.82, 2.24) is 10.3 Å². The second-order valence-corrected chi connectivity index (χ2v) is 3.95. The van der Waals surface area contributed by atoms with Crippen molar-refractivity contribution >= 4 is 17.8 Å². The molecule has 0 aliphatic heterocycles. The lowest BCUT2D eigenvalue weighted by Gasteiger charge is -2.12. The second-order valence-electron chi connectivity index (χ2n) is 3.95. The highest BCUT2D eigenvalue weighted by atomic mass is 16.4. The predicted octanol–water partition coefficient (Wildman–Crippen LogP) is 0.164. The molecule has 0 bridgehead atoms. The summed E-state index contributed by atoms with van der Waals surface area (Å²) in [7, 11) is 0. The van der Waals surface area contributed by atoms with Crippen molar-refractivity contribution in [2.45, 2.75) is 25.8 Å². The van der Waals surface area contributed by atoms with E-state index in [4.69, 9.17) is 10.8 Å². The standard InChI is InChI=1S/C12H15N3O4/c1-2-3-9(12(18)19)15-11(17)8-5-4-7(6-14-8)10(13)16/h4-6,9H,2-3H2,1H3,(H2,13,16)(H,15,17)(H,18,19). The number of rotatable bonds is 6. The van der Waals surface area contributed by atoms with Gasteiger partial charge in [-0.15, -0.1) is 0 Å². The number of nitrogens with one attached hydrogen (secondary N) is 1. The van der Waals surface area contributed by atoms with Gasteiger partial charge in [-0.2, -0.15) is 0 Å². The quantitative estimate of drug-likeness (QED) is 0.676. The van der Waals surface area contributed by atoms with Gasteiger partial charge in [0.2, 0.25) is 5.91 Å². The number of carbonyl (C=O) groups is 3. The summed E-state index contributed by atoms with van der Waals surface area (Å²) >= 11 is 0. The normalized spacial score (nSPS) is 11.6. The van der Waals surface area contributed by atoms with Crippen LogP contribution in [0.1, 0.15) is 40.6 Å². The lowest BCUT2D eigenvalue weighted by molar-refractivity contribution is -0.139. The van der Waals surface area contributed by atoms with Crippen LogP contribution in [-0.4, -0.2) is 33.9 Å². The van der Waals surface area contributed by atoms with E-state index >= 15 is 0 Å². The van der Waals surface area contributed by atoms with Crippen LogP contribution in [0.15, 0.2) is 18.3 Å². The molecule has 0 radical (unpaired) electrons. The maximum Gasteiger partial charge on any atom is 0.326 e. The number of hydrogen-bond acceptors (Lipinski definition) is 4. The van der Waals surface area contributed by atoms with Crippen LogP contribution < -0.4 is 11.1 Å². The first kappa shape index (κ1) is 14.6. The molecule has 1 aromatic heterocycles. The van der Waals surface area contributed by atoms with Crippen molar-refractivity contribution in [3.63, 3.8) is 0 Å². The monoisotopic (exact) mass is 265 g/mol. The molecule has 1 heterocycles. The summed E-state index contributed by atoms with van der Waals surface area (Å²) in [5.74, 6) is -2.34. The van der Waals surface area contributed by atoms with Gasteiger partial charge in [0.05, 0.1) is 5.56 Å². The van der Waals surface area contributed by atoms with E-state index in [0.29, 0.717) is 12.8 Å². The zero-order valence-electron chi connectivity index (χ0n) is 10.4. The van der Waals surface area contributed by atoms with Crippen molar-refractivity contribution in [1.29, 1.82) is 0 Å². The van der Waals surface area contributed by atoms with Gasteiger partial charge in [-0.25, -0.2) is 4.79 Å². The number of nitrogens with zero attached hydrogens (tertiary/aromatic N) is 1. The molecule has 102 valence electrons. The van der Waals surface area contributed by atoms with E-state index in [1.54, 1.807) is 0 Å². The number of hydrogen-bond donors (Lipinski definition) is 3. The second kappa shape index (κ2) is 6.48. The van der Waals surface area contributed by atoms with E-state index in [9.17, 15) is 14.4 Å². The van der Waals surface area contributed by atoms with Crippen LogP contribution >= 0.6 is 0 Å². The highest BCUT2D eigenvalue weighted by Crippen LogP contribution is 2.02. The minimum absolute atomic E-state index is 0.0346. The molecule has 7 heteroatoms. The average molecular weight is 265 g/mol. The Morgan fingerprint density at radius 1 is 1.42 bits per heavy atom. The Balaban J connectivity index is 2.76. The lowest BCUT2D eigenvalue weighted by Crippen LogP contribution is -2.40. The SMILES string of the molecule is CCCC(NC(=O)c1ccc(C(N)=O)cn1)C(=O)O. The number of carboxylic acid groups (broad SMARTS) is 1. The molecule has 0 aromatic carbocycles. The van der Waals surface area contributed by atoms with Crippen LogP contribution in [0, 0.1) is 0 Å². The number of carbonyl (C=O) groups excluding carboxylic acids is 2. The number of primary amides is 1. The molecule has 0 fully saturated rings. The zero-order chi connectivity index (χ0) is 14.4. The molecular formula is C12H15N3O4. The molecule has 0 saturated heterocycles. The summed E-state index contributed by atoms with van der Waals surface area (Å²) in [6.07, 6.45) is 2.14. The summed E-state index contributed by atoms with van der Waals surface area (Å²) in [6, 6.07) is 1.73. The third kappa shape index (κ3) is 4.06. The van der Waals surface area contributed by atoms with E-state index < -0.39 is 23.8 Å². The van der Waals surface area contributed by atoms with Gasteiger partial charge in [0, 0.05) is 6.20 Å². The van der Waals surface area contributed by atoms with Crippen molar-refractivity contribution in [3.8, 4) is 0 Å². The third-order valence-electron chi connectivity index (χ3n) is 2.46. The minimum atomic E-state index is -1.09. The zero-order valence-corrected chi connectivity index (χ0v) is 10.4. The molecule has 2 amide bonds. The molecule has 19 heavy (non-hydrogen) atoms. The predicted molar refractivity (Wildman–Crippen MR) is 66.6 cm³/mol.